The van der Waals surface area contributed by atoms with Crippen LogP contribution >= 0.6 is 0 Å². The number of hydrogen-bond acceptors (Lipinski definition) is 3. The van der Waals surface area contributed by atoms with Crippen molar-refractivity contribution in [2.75, 3.05) is 0 Å². The molecule has 3 aromatic rings. The number of fused-ring (bicyclic) bond motifs is 4. The van der Waals surface area contributed by atoms with Crippen LogP contribution in [0.4, 0.5) is 0 Å². The lowest BCUT2D eigenvalue weighted by atomic mass is 9.89. The molecule has 4 nitrogen and oxygen atoms in total. The van der Waals surface area contributed by atoms with E-state index in [1.54, 1.807) is 6.07 Å². The second-order valence-corrected chi connectivity index (χ2v) is 10.0. The number of hydrogen-bond donors (Lipinski definition) is 0. The van der Waals surface area contributed by atoms with Crippen molar-refractivity contribution < 1.29 is 8.63 Å². The lowest BCUT2D eigenvalue weighted by Gasteiger charge is -2.19. The fourth-order valence-corrected chi connectivity index (χ4v) is 4.14. The smallest absolute Gasteiger partial charge is 0.196 e. The van der Waals surface area contributed by atoms with Crippen molar-refractivity contribution in [1.29, 1.82) is 0 Å². The van der Waals surface area contributed by atoms with Gasteiger partial charge in [0.1, 0.15) is 22.3 Å². The first-order chi connectivity index (χ1) is 13.3. The molecule has 0 bridgehead atoms. The Bertz CT molecular complexity index is 1200. The van der Waals surface area contributed by atoms with Crippen LogP contribution in [0.5, 0.6) is 0 Å². The zero-order chi connectivity index (χ0) is 20.1. The summed E-state index contributed by atoms with van der Waals surface area (Å²) >= 11 is 0. The van der Waals surface area contributed by atoms with E-state index < -0.39 is 15.7 Å². The van der Waals surface area contributed by atoms with Gasteiger partial charge in [0.15, 0.2) is 5.43 Å². The van der Waals surface area contributed by atoms with Crippen molar-refractivity contribution in [3.63, 3.8) is 0 Å². The summed E-state index contributed by atoms with van der Waals surface area (Å²) in [5, 5.41) is 0.548. The predicted octanol–water partition coefficient (Wildman–Crippen LogP) is 4.83. The van der Waals surface area contributed by atoms with Crippen molar-refractivity contribution in [2.45, 2.75) is 45.3 Å². The summed E-state index contributed by atoms with van der Waals surface area (Å²) in [6.07, 6.45) is 1.51. The minimum atomic E-state index is -1.39. The minimum absolute atomic E-state index is 0.0114. The maximum atomic E-state index is 13.2. The largest absolute Gasteiger partial charge is 0.455 e. The third kappa shape index (κ3) is 3.14. The molecule has 144 valence electrons. The highest BCUT2D eigenvalue weighted by Gasteiger charge is 2.24. The standard InChI is InChI=1S/C23H23NO3S/c1-14(24-28(26)23(2,3)4)16-10-7-11-18-20(25)19-13-12-15-8-5-6-9-17(15)22(19)27-21(16)18/h5-11H,12-13H2,1-4H3/b24-14+/t28-/m1/s1. The third-order valence-corrected chi connectivity index (χ3v) is 6.54. The summed E-state index contributed by atoms with van der Waals surface area (Å²) in [5.41, 5.74) is 4.73. The molecular weight excluding hydrogens is 370 g/mol. The Morgan fingerprint density at radius 1 is 1.07 bits per heavy atom. The monoisotopic (exact) mass is 393 g/mol. The van der Waals surface area contributed by atoms with Gasteiger partial charge in [0.2, 0.25) is 0 Å². The number of benzene rings is 2. The molecule has 0 saturated carbocycles. The highest BCUT2D eigenvalue weighted by molar-refractivity contribution is 7.85. The lowest BCUT2D eigenvalue weighted by Crippen LogP contribution is -2.21. The highest BCUT2D eigenvalue weighted by Crippen LogP contribution is 2.34. The summed E-state index contributed by atoms with van der Waals surface area (Å²) in [7, 11) is -1.39. The molecule has 2 aromatic carbocycles. The molecule has 28 heavy (non-hydrogen) atoms. The topological polar surface area (TPSA) is 59.6 Å². The highest BCUT2D eigenvalue weighted by atomic mass is 32.2. The summed E-state index contributed by atoms with van der Waals surface area (Å²) in [5.74, 6) is 0.650. The van der Waals surface area contributed by atoms with Crippen LogP contribution in [-0.4, -0.2) is 14.7 Å². The first-order valence-electron chi connectivity index (χ1n) is 9.42. The second kappa shape index (κ2) is 6.82. The fraction of sp³-hybridized carbons (Fsp3) is 0.304. The van der Waals surface area contributed by atoms with E-state index >= 15 is 0 Å². The quantitative estimate of drug-likeness (QED) is 0.586. The van der Waals surface area contributed by atoms with Crippen LogP contribution < -0.4 is 5.43 Å². The van der Waals surface area contributed by atoms with Crippen molar-refractivity contribution in [3.8, 4) is 11.3 Å². The Labute approximate surface area is 166 Å². The minimum Gasteiger partial charge on any atom is -0.455 e. The molecule has 1 atom stereocenters. The predicted molar refractivity (Wildman–Crippen MR) is 115 cm³/mol. The molecule has 1 aliphatic carbocycles. The average Bonchev–Trinajstić information content (AvgIpc) is 2.67. The van der Waals surface area contributed by atoms with E-state index in [9.17, 15) is 9.00 Å². The number of rotatable bonds is 2. The molecule has 0 unspecified atom stereocenters. The van der Waals surface area contributed by atoms with Crippen LogP contribution in [-0.2, 0) is 23.8 Å². The molecule has 0 radical (unpaired) electrons. The number of nitrogens with zero attached hydrogens (tertiary/aromatic N) is 1. The van der Waals surface area contributed by atoms with Crippen LogP contribution in [0.15, 0.2) is 56.1 Å². The number of para-hydroxylation sites is 1. The van der Waals surface area contributed by atoms with Gasteiger partial charge in [-0.25, -0.2) is 4.21 Å². The van der Waals surface area contributed by atoms with E-state index in [4.69, 9.17) is 4.42 Å². The SMILES string of the molecule is C/C(=N\[S@](=O)C(C)(C)C)c1cccc2c(=O)c3c(oc12)-c1ccccc1CC3. The summed E-state index contributed by atoms with van der Waals surface area (Å²) < 4.78 is 22.7. The van der Waals surface area contributed by atoms with E-state index in [-0.39, 0.29) is 5.43 Å². The van der Waals surface area contributed by atoms with E-state index in [0.29, 0.717) is 34.4 Å². The molecular formula is C23H23NO3S. The van der Waals surface area contributed by atoms with Crippen LogP contribution in [0.25, 0.3) is 22.3 Å². The molecule has 0 saturated heterocycles. The number of aryl methyl sites for hydroxylation is 1. The Hall–Kier alpha value is -2.53. The summed E-state index contributed by atoms with van der Waals surface area (Å²) in [4.78, 5) is 13.2. The second-order valence-electron chi connectivity index (χ2n) is 8.12. The van der Waals surface area contributed by atoms with Gasteiger partial charge in [-0.2, -0.15) is 4.40 Å². The van der Waals surface area contributed by atoms with Crippen LogP contribution in [0.3, 0.4) is 0 Å². The van der Waals surface area contributed by atoms with Crippen LogP contribution in [0.1, 0.15) is 44.4 Å². The Morgan fingerprint density at radius 3 is 2.57 bits per heavy atom. The van der Waals surface area contributed by atoms with E-state index in [0.717, 1.165) is 17.5 Å². The molecule has 0 aliphatic heterocycles. The van der Waals surface area contributed by atoms with Gasteiger partial charge in [-0.3, -0.25) is 4.79 Å². The molecule has 1 aromatic heterocycles. The van der Waals surface area contributed by atoms with Crippen LogP contribution in [0, 0.1) is 0 Å². The maximum Gasteiger partial charge on any atom is 0.196 e. The lowest BCUT2D eigenvalue weighted by molar-refractivity contribution is 0.602. The van der Waals surface area contributed by atoms with Crippen molar-refractivity contribution in [2.24, 2.45) is 4.40 Å². The van der Waals surface area contributed by atoms with E-state index in [1.807, 2.05) is 58.0 Å². The van der Waals surface area contributed by atoms with Gasteiger partial charge in [0.05, 0.1) is 15.8 Å². The molecule has 1 aliphatic rings. The van der Waals surface area contributed by atoms with Gasteiger partial charge < -0.3 is 4.42 Å². The molecule has 4 rings (SSSR count). The normalized spacial score (nSPS) is 15.2. The van der Waals surface area contributed by atoms with Crippen LogP contribution in [0.2, 0.25) is 0 Å². The Morgan fingerprint density at radius 2 is 1.82 bits per heavy atom. The van der Waals surface area contributed by atoms with E-state index in [2.05, 4.69) is 10.5 Å². The maximum absolute atomic E-state index is 13.2. The Balaban J connectivity index is 1.97. The summed E-state index contributed by atoms with van der Waals surface area (Å²) in [6.45, 7) is 7.47. The van der Waals surface area contributed by atoms with Gasteiger partial charge in [0.25, 0.3) is 0 Å². The Kier molecular flexibility index (Phi) is 4.58. The molecule has 0 spiro atoms. The van der Waals surface area contributed by atoms with Gasteiger partial charge in [-0.15, -0.1) is 0 Å². The molecule has 0 amide bonds. The fourth-order valence-electron chi connectivity index (χ4n) is 3.51. The first kappa shape index (κ1) is 18.8. The van der Waals surface area contributed by atoms with Crippen molar-refractivity contribution in [3.05, 3.63) is 69.4 Å². The summed E-state index contributed by atoms with van der Waals surface area (Å²) in [6, 6.07) is 13.5. The first-order valence-corrected chi connectivity index (χ1v) is 10.5. The molecule has 0 fully saturated rings. The van der Waals surface area contributed by atoms with Gasteiger partial charge in [0, 0.05) is 16.7 Å². The molecule has 1 heterocycles. The zero-order valence-electron chi connectivity index (χ0n) is 16.5. The van der Waals surface area contributed by atoms with Crippen molar-refractivity contribution >= 4 is 27.7 Å². The average molecular weight is 394 g/mol. The van der Waals surface area contributed by atoms with Gasteiger partial charge in [-0.05, 0) is 58.2 Å². The van der Waals surface area contributed by atoms with Gasteiger partial charge >= 0.3 is 0 Å². The molecule has 5 heteroatoms. The van der Waals surface area contributed by atoms with Crippen molar-refractivity contribution in [1.82, 2.24) is 0 Å². The zero-order valence-corrected chi connectivity index (χ0v) is 17.4. The third-order valence-electron chi connectivity index (χ3n) is 5.05. The van der Waals surface area contributed by atoms with E-state index in [1.165, 1.54) is 5.56 Å². The van der Waals surface area contributed by atoms with Gasteiger partial charge in [-0.1, -0.05) is 30.3 Å². The molecule has 0 N–H and O–H groups in total.